The standard InChI is InChI=1S/C32H37N3O4/c1-5-38-18-19-39-26-20-22(2)30(23(3)21-26)32(36)34-17-9-8-12-29(34)31-33-27-10-6-7-11-28(27)35(31)24-13-15-25(37-4)16-14-24/h6-7,10-11,13-16,20-21,29H,5,8-9,12,17-19H2,1-4H3. The highest BCUT2D eigenvalue weighted by Gasteiger charge is 2.34. The number of nitrogens with zero attached hydrogens (tertiary/aromatic N) is 3. The number of carbonyl (C=O) groups excluding carboxylic acids is 1. The van der Waals surface area contributed by atoms with Crippen molar-refractivity contribution in [3.63, 3.8) is 0 Å². The van der Waals surface area contributed by atoms with Gasteiger partial charge < -0.3 is 19.1 Å². The lowest BCUT2D eigenvalue weighted by atomic mass is 9.96. The fourth-order valence-corrected chi connectivity index (χ4v) is 5.56. The van der Waals surface area contributed by atoms with E-state index >= 15 is 0 Å². The number of amides is 1. The summed E-state index contributed by atoms with van der Waals surface area (Å²) in [6, 6.07) is 19.9. The number of likely N-dealkylation sites (tertiary alicyclic amines) is 1. The van der Waals surface area contributed by atoms with Gasteiger partial charge in [0.1, 0.15) is 23.9 Å². The maximum absolute atomic E-state index is 14.2. The molecule has 5 rings (SSSR count). The number of carbonyl (C=O) groups is 1. The van der Waals surface area contributed by atoms with E-state index in [1.54, 1.807) is 7.11 Å². The average molecular weight is 528 g/mol. The quantitative estimate of drug-likeness (QED) is 0.235. The van der Waals surface area contributed by atoms with Gasteiger partial charge >= 0.3 is 0 Å². The van der Waals surface area contributed by atoms with Crippen molar-refractivity contribution in [1.82, 2.24) is 14.5 Å². The molecule has 1 unspecified atom stereocenters. The maximum atomic E-state index is 14.2. The van der Waals surface area contributed by atoms with Crippen LogP contribution in [0.25, 0.3) is 16.7 Å². The van der Waals surface area contributed by atoms with Gasteiger partial charge in [0.2, 0.25) is 0 Å². The van der Waals surface area contributed by atoms with E-state index in [0.717, 1.165) is 70.0 Å². The molecule has 7 heteroatoms. The number of methoxy groups -OCH3 is 1. The predicted octanol–water partition coefficient (Wildman–Crippen LogP) is 6.43. The molecule has 0 spiro atoms. The van der Waals surface area contributed by atoms with E-state index < -0.39 is 0 Å². The number of hydrogen-bond donors (Lipinski definition) is 0. The molecule has 0 saturated carbocycles. The predicted molar refractivity (Wildman–Crippen MR) is 153 cm³/mol. The summed E-state index contributed by atoms with van der Waals surface area (Å²) in [6.45, 7) is 8.33. The molecular formula is C32H37N3O4. The molecular weight excluding hydrogens is 490 g/mol. The van der Waals surface area contributed by atoms with E-state index in [2.05, 4.69) is 10.6 Å². The molecule has 0 radical (unpaired) electrons. The van der Waals surface area contributed by atoms with Crippen molar-refractivity contribution in [1.29, 1.82) is 0 Å². The average Bonchev–Trinajstić information content (AvgIpc) is 3.34. The molecule has 0 N–H and O–H groups in total. The van der Waals surface area contributed by atoms with Gasteiger partial charge in [0.05, 0.1) is 30.8 Å². The van der Waals surface area contributed by atoms with Crippen LogP contribution in [0.1, 0.15) is 59.5 Å². The zero-order chi connectivity index (χ0) is 27.4. The van der Waals surface area contributed by atoms with Gasteiger partial charge in [-0.25, -0.2) is 4.98 Å². The first kappa shape index (κ1) is 26.8. The Morgan fingerprint density at radius 2 is 1.72 bits per heavy atom. The Bertz CT molecular complexity index is 1420. The molecule has 1 aromatic heterocycles. The number of imidazole rings is 1. The van der Waals surface area contributed by atoms with Crippen LogP contribution in [0.4, 0.5) is 0 Å². The largest absolute Gasteiger partial charge is 0.497 e. The van der Waals surface area contributed by atoms with Crippen LogP contribution in [0.5, 0.6) is 11.5 Å². The van der Waals surface area contributed by atoms with Crippen LogP contribution >= 0.6 is 0 Å². The minimum absolute atomic E-state index is 0.0453. The highest BCUT2D eigenvalue weighted by molar-refractivity contribution is 5.97. The molecule has 1 aliphatic rings. The second-order valence-electron chi connectivity index (χ2n) is 9.98. The molecule has 1 atom stereocenters. The molecule has 39 heavy (non-hydrogen) atoms. The van der Waals surface area contributed by atoms with Gasteiger partial charge in [-0.15, -0.1) is 0 Å². The molecule has 1 fully saturated rings. The van der Waals surface area contributed by atoms with Crippen molar-refractivity contribution in [2.75, 3.05) is 33.5 Å². The van der Waals surface area contributed by atoms with Gasteiger partial charge in [-0.1, -0.05) is 12.1 Å². The molecule has 1 amide bonds. The molecule has 1 saturated heterocycles. The smallest absolute Gasteiger partial charge is 0.255 e. The molecule has 1 aliphatic heterocycles. The Hall–Kier alpha value is -3.84. The first-order chi connectivity index (χ1) is 19.0. The number of benzene rings is 3. The van der Waals surface area contributed by atoms with Crippen LogP contribution in [0.2, 0.25) is 0 Å². The number of aryl methyl sites for hydroxylation is 2. The van der Waals surface area contributed by atoms with Crippen molar-refractivity contribution < 1.29 is 19.0 Å². The third-order valence-electron chi connectivity index (χ3n) is 7.40. The second kappa shape index (κ2) is 11.9. The molecule has 0 aliphatic carbocycles. The van der Waals surface area contributed by atoms with Gasteiger partial charge in [-0.3, -0.25) is 9.36 Å². The summed E-state index contributed by atoms with van der Waals surface area (Å²) in [5.74, 6) is 2.50. The number of ether oxygens (including phenoxy) is 3. The summed E-state index contributed by atoms with van der Waals surface area (Å²) in [4.78, 5) is 21.3. The van der Waals surface area contributed by atoms with Crippen molar-refractivity contribution in [3.05, 3.63) is 83.2 Å². The van der Waals surface area contributed by atoms with Crippen LogP contribution < -0.4 is 9.47 Å². The van der Waals surface area contributed by atoms with Crippen molar-refractivity contribution in [2.45, 2.75) is 46.1 Å². The minimum Gasteiger partial charge on any atom is -0.497 e. The lowest BCUT2D eigenvalue weighted by Gasteiger charge is -2.36. The zero-order valence-corrected chi connectivity index (χ0v) is 23.3. The van der Waals surface area contributed by atoms with Gasteiger partial charge in [0.15, 0.2) is 0 Å². The second-order valence-corrected chi connectivity index (χ2v) is 9.98. The van der Waals surface area contributed by atoms with E-state index in [4.69, 9.17) is 19.2 Å². The molecule has 7 nitrogen and oxygen atoms in total. The Labute approximate surface area is 230 Å². The third-order valence-corrected chi connectivity index (χ3v) is 7.40. The Morgan fingerprint density at radius 3 is 2.44 bits per heavy atom. The van der Waals surface area contributed by atoms with Crippen LogP contribution in [0, 0.1) is 13.8 Å². The van der Waals surface area contributed by atoms with Gasteiger partial charge in [0.25, 0.3) is 5.91 Å². The lowest BCUT2D eigenvalue weighted by Crippen LogP contribution is -2.40. The summed E-state index contributed by atoms with van der Waals surface area (Å²) in [5.41, 5.74) is 5.52. The van der Waals surface area contributed by atoms with Gasteiger partial charge in [-0.2, -0.15) is 0 Å². The van der Waals surface area contributed by atoms with E-state index in [-0.39, 0.29) is 11.9 Å². The monoisotopic (exact) mass is 527 g/mol. The highest BCUT2D eigenvalue weighted by Crippen LogP contribution is 2.36. The summed E-state index contributed by atoms with van der Waals surface area (Å²) < 4.78 is 18.9. The van der Waals surface area contributed by atoms with E-state index in [0.29, 0.717) is 26.4 Å². The van der Waals surface area contributed by atoms with E-state index in [9.17, 15) is 4.79 Å². The minimum atomic E-state index is -0.137. The van der Waals surface area contributed by atoms with Crippen LogP contribution in [-0.4, -0.2) is 53.8 Å². The van der Waals surface area contributed by atoms with E-state index in [1.807, 2.05) is 80.3 Å². The normalized spacial score (nSPS) is 15.5. The van der Waals surface area contributed by atoms with Crippen molar-refractivity contribution in [2.24, 2.45) is 0 Å². The number of piperidine rings is 1. The number of aromatic nitrogens is 2. The number of hydrogen-bond acceptors (Lipinski definition) is 5. The highest BCUT2D eigenvalue weighted by atomic mass is 16.5. The molecule has 0 bridgehead atoms. The Kier molecular flexibility index (Phi) is 8.17. The van der Waals surface area contributed by atoms with E-state index in [1.165, 1.54) is 0 Å². The SMILES string of the molecule is CCOCCOc1cc(C)c(C(=O)N2CCCCC2c2nc3ccccc3n2-c2ccc(OC)cc2)c(C)c1. The molecule has 4 aromatic rings. The topological polar surface area (TPSA) is 65.8 Å². The fraction of sp³-hybridized carbons (Fsp3) is 0.375. The lowest BCUT2D eigenvalue weighted by molar-refractivity contribution is 0.0597. The fourth-order valence-electron chi connectivity index (χ4n) is 5.56. The summed E-state index contributed by atoms with van der Waals surface area (Å²) >= 11 is 0. The van der Waals surface area contributed by atoms with Crippen LogP contribution in [0.3, 0.4) is 0 Å². The molecule has 204 valence electrons. The third kappa shape index (κ3) is 5.50. The van der Waals surface area contributed by atoms with Gasteiger partial charge in [0, 0.05) is 24.4 Å². The number of rotatable bonds is 9. The van der Waals surface area contributed by atoms with Crippen LogP contribution in [0.15, 0.2) is 60.7 Å². The maximum Gasteiger partial charge on any atom is 0.255 e. The summed E-state index contributed by atoms with van der Waals surface area (Å²) in [7, 11) is 1.67. The zero-order valence-electron chi connectivity index (χ0n) is 23.3. The number of para-hydroxylation sites is 2. The van der Waals surface area contributed by atoms with Crippen molar-refractivity contribution >= 4 is 16.9 Å². The first-order valence-corrected chi connectivity index (χ1v) is 13.8. The molecule has 3 aromatic carbocycles. The Morgan fingerprint density at radius 1 is 0.974 bits per heavy atom. The summed E-state index contributed by atoms with van der Waals surface area (Å²) in [5, 5.41) is 0. The van der Waals surface area contributed by atoms with Gasteiger partial charge in [-0.05, 0) is 99.7 Å². The summed E-state index contributed by atoms with van der Waals surface area (Å²) in [6.07, 6.45) is 2.88. The van der Waals surface area contributed by atoms with Crippen LogP contribution in [-0.2, 0) is 4.74 Å². The van der Waals surface area contributed by atoms with Crippen molar-refractivity contribution in [3.8, 4) is 17.2 Å². The first-order valence-electron chi connectivity index (χ1n) is 13.8. The number of fused-ring (bicyclic) bond motifs is 1. The molecule has 2 heterocycles. The Balaban J connectivity index is 1.51.